The second-order valence-electron chi connectivity index (χ2n) is 5.75. The van der Waals surface area contributed by atoms with Crippen molar-refractivity contribution in [1.29, 1.82) is 0 Å². The van der Waals surface area contributed by atoms with Gasteiger partial charge in [-0.2, -0.15) is 0 Å². The van der Waals surface area contributed by atoms with Crippen LogP contribution in [0.4, 0.5) is 0 Å². The fourth-order valence-electron chi connectivity index (χ4n) is 3.36. The Balaban J connectivity index is 1.55. The zero-order valence-corrected chi connectivity index (χ0v) is 11.3. The smallest absolute Gasteiger partial charge is 0.124 e. The standard InChI is InChI=1S/C16H22O3/c17-11-13-5-1-2-6-15(13)18-12-14-7-10-16(19-14)8-3-4-9-16/h1-2,5-6,14,17H,3-4,7-12H2. The molecule has 1 N–H and O–H groups in total. The molecule has 1 aromatic carbocycles. The van der Waals surface area contributed by atoms with Crippen LogP contribution in [0, 0.1) is 0 Å². The van der Waals surface area contributed by atoms with E-state index in [0.717, 1.165) is 17.7 Å². The van der Waals surface area contributed by atoms with Gasteiger partial charge in [0.1, 0.15) is 12.4 Å². The average Bonchev–Trinajstić information content (AvgIpc) is 3.07. The van der Waals surface area contributed by atoms with Crippen LogP contribution in [0.5, 0.6) is 5.75 Å². The van der Waals surface area contributed by atoms with E-state index >= 15 is 0 Å². The third kappa shape index (κ3) is 2.77. The van der Waals surface area contributed by atoms with Gasteiger partial charge in [0.2, 0.25) is 0 Å². The molecule has 0 bridgehead atoms. The molecule has 1 spiro atoms. The molecule has 1 saturated heterocycles. The van der Waals surface area contributed by atoms with Crippen LogP contribution in [0.1, 0.15) is 44.1 Å². The van der Waals surface area contributed by atoms with Crippen molar-refractivity contribution < 1.29 is 14.6 Å². The van der Waals surface area contributed by atoms with Crippen molar-refractivity contribution in [2.45, 2.75) is 56.8 Å². The number of hydrogen-bond acceptors (Lipinski definition) is 3. The summed E-state index contributed by atoms with van der Waals surface area (Å²) in [5.41, 5.74) is 1.01. The molecule has 1 saturated carbocycles. The van der Waals surface area contributed by atoms with E-state index < -0.39 is 0 Å². The second-order valence-corrected chi connectivity index (χ2v) is 5.75. The van der Waals surface area contributed by atoms with Gasteiger partial charge in [0.15, 0.2) is 0 Å². The van der Waals surface area contributed by atoms with Gasteiger partial charge in [-0.15, -0.1) is 0 Å². The monoisotopic (exact) mass is 262 g/mol. The molecule has 1 aliphatic heterocycles. The lowest BCUT2D eigenvalue weighted by atomic mass is 9.98. The summed E-state index contributed by atoms with van der Waals surface area (Å²) in [5, 5.41) is 9.27. The first-order chi connectivity index (χ1) is 9.31. The Kier molecular flexibility index (Phi) is 3.76. The number of hydrogen-bond donors (Lipinski definition) is 1. The Labute approximate surface area is 114 Å². The highest BCUT2D eigenvalue weighted by molar-refractivity contribution is 5.32. The van der Waals surface area contributed by atoms with Crippen LogP contribution >= 0.6 is 0 Å². The molecule has 0 amide bonds. The van der Waals surface area contributed by atoms with Crippen LogP contribution < -0.4 is 4.74 Å². The Morgan fingerprint density at radius 1 is 1.21 bits per heavy atom. The number of para-hydroxylation sites is 1. The number of rotatable bonds is 4. The summed E-state index contributed by atoms with van der Waals surface area (Å²) < 4.78 is 12.0. The summed E-state index contributed by atoms with van der Waals surface area (Å²) in [6, 6.07) is 7.65. The predicted molar refractivity (Wildman–Crippen MR) is 73.2 cm³/mol. The molecule has 1 atom stereocenters. The third-order valence-corrected chi connectivity index (χ3v) is 4.42. The van der Waals surface area contributed by atoms with E-state index in [1.165, 1.54) is 32.1 Å². The van der Waals surface area contributed by atoms with Gasteiger partial charge in [0.25, 0.3) is 0 Å². The Morgan fingerprint density at radius 3 is 2.79 bits per heavy atom. The van der Waals surface area contributed by atoms with Gasteiger partial charge in [0.05, 0.1) is 18.3 Å². The quantitative estimate of drug-likeness (QED) is 0.906. The van der Waals surface area contributed by atoms with E-state index in [-0.39, 0.29) is 18.3 Å². The number of ether oxygens (including phenoxy) is 2. The molecule has 3 heteroatoms. The van der Waals surface area contributed by atoms with Crippen molar-refractivity contribution >= 4 is 0 Å². The lowest BCUT2D eigenvalue weighted by Gasteiger charge is -2.24. The Bertz CT molecular complexity index is 424. The minimum Gasteiger partial charge on any atom is -0.491 e. The summed E-state index contributed by atoms with van der Waals surface area (Å²) in [6.45, 7) is 0.615. The summed E-state index contributed by atoms with van der Waals surface area (Å²) in [6.07, 6.45) is 7.55. The van der Waals surface area contributed by atoms with Crippen molar-refractivity contribution in [3.8, 4) is 5.75 Å². The van der Waals surface area contributed by atoms with Gasteiger partial charge in [0, 0.05) is 5.56 Å². The van der Waals surface area contributed by atoms with Crippen molar-refractivity contribution in [3.63, 3.8) is 0 Å². The highest BCUT2D eigenvalue weighted by atomic mass is 16.6. The van der Waals surface area contributed by atoms with E-state index in [1.54, 1.807) is 0 Å². The molecule has 1 aromatic rings. The minimum atomic E-state index is 0.0195. The molecule has 3 rings (SSSR count). The summed E-state index contributed by atoms with van der Waals surface area (Å²) >= 11 is 0. The lowest BCUT2D eigenvalue weighted by molar-refractivity contribution is -0.0510. The van der Waals surface area contributed by atoms with Gasteiger partial charge < -0.3 is 14.6 Å². The van der Waals surface area contributed by atoms with E-state index in [2.05, 4.69) is 0 Å². The van der Waals surface area contributed by atoms with Gasteiger partial charge in [-0.25, -0.2) is 0 Å². The first-order valence-electron chi connectivity index (χ1n) is 7.31. The summed E-state index contributed by atoms with van der Waals surface area (Å²) in [5.74, 6) is 0.779. The fourth-order valence-corrected chi connectivity index (χ4v) is 3.36. The Morgan fingerprint density at radius 2 is 2.00 bits per heavy atom. The Hall–Kier alpha value is -1.06. The topological polar surface area (TPSA) is 38.7 Å². The van der Waals surface area contributed by atoms with E-state index in [0.29, 0.717) is 6.61 Å². The lowest BCUT2D eigenvalue weighted by Crippen LogP contribution is -2.27. The first-order valence-corrected chi connectivity index (χ1v) is 7.31. The zero-order chi connectivity index (χ0) is 13.1. The van der Waals surface area contributed by atoms with Crippen molar-refractivity contribution in [1.82, 2.24) is 0 Å². The van der Waals surface area contributed by atoms with Crippen LogP contribution in [-0.4, -0.2) is 23.4 Å². The normalized spacial score (nSPS) is 25.0. The molecule has 1 unspecified atom stereocenters. The van der Waals surface area contributed by atoms with Crippen molar-refractivity contribution in [3.05, 3.63) is 29.8 Å². The van der Waals surface area contributed by atoms with Crippen molar-refractivity contribution in [2.24, 2.45) is 0 Å². The second kappa shape index (κ2) is 5.51. The third-order valence-electron chi connectivity index (χ3n) is 4.42. The predicted octanol–water partition coefficient (Wildman–Crippen LogP) is 3.05. The minimum absolute atomic E-state index is 0.0195. The van der Waals surface area contributed by atoms with Crippen LogP contribution in [-0.2, 0) is 11.3 Å². The van der Waals surface area contributed by atoms with Crippen LogP contribution in [0.15, 0.2) is 24.3 Å². The first kappa shape index (κ1) is 12.9. The van der Waals surface area contributed by atoms with E-state index in [4.69, 9.17) is 9.47 Å². The van der Waals surface area contributed by atoms with Gasteiger partial charge in [-0.3, -0.25) is 0 Å². The van der Waals surface area contributed by atoms with Gasteiger partial charge >= 0.3 is 0 Å². The molecular weight excluding hydrogens is 240 g/mol. The highest BCUT2D eigenvalue weighted by Gasteiger charge is 2.42. The zero-order valence-electron chi connectivity index (χ0n) is 11.3. The molecule has 0 radical (unpaired) electrons. The molecular formula is C16H22O3. The number of benzene rings is 1. The molecule has 19 heavy (non-hydrogen) atoms. The molecule has 0 aromatic heterocycles. The van der Waals surface area contributed by atoms with Gasteiger partial charge in [-0.05, 0) is 31.7 Å². The molecule has 2 aliphatic rings. The maximum Gasteiger partial charge on any atom is 0.124 e. The maximum atomic E-state index is 9.27. The molecule has 104 valence electrons. The van der Waals surface area contributed by atoms with Crippen LogP contribution in [0.3, 0.4) is 0 Å². The SMILES string of the molecule is OCc1ccccc1OCC1CCC2(CCCC2)O1. The fraction of sp³-hybridized carbons (Fsp3) is 0.625. The number of aliphatic hydroxyl groups is 1. The average molecular weight is 262 g/mol. The maximum absolute atomic E-state index is 9.27. The largest absolute Gasteiger partial charge is 0.491 e. The highest BCUT2D eigenvalue weighted by Crippen LogP contribution is 2.43. The summed E-state index contributed by atoms with van der Waals surface area (Å²) in [7, 11) is 0. The van der Waals surface area contributed by atoms with E-state index in [1.807, 2.05) is 24.3 Å². The molecule has 1 aliphatic carbocycles. The summed E-state index contributed by atoms with van der Waals surface area (Å²) in [4.78, 5) is 0. The van der Waals surface area contributed by atoms with Gasteiger partial charge in [-0.1, -0.05) is 31.0 Å². The molecule has 1 heterocycles. The molecule has 3 nitrogen and oxygen atoms in total. The van der Waals surface area contributed by atoms with Crippen molar-refractivity contribution in [2.75, 3.05) is 6.61 Å². The van der Waals surface area contributed by atoms with Crippen LogP contribution in [0.25, 0.3) is 0 Å². The number of aliphatic hydroxyl groups excluding tert-OH is 1. The van der Waals surface area contributed by atoms with E-state index in [9.17, 15) is 5.11 Å². The molecule has 2 fully saturated rings. The van der Waals surface area contributed by atoms with Crippen LogP contribution in [0.2, 0.25) is 0 Å².